The summed E-state index contributed by atoms with van der Waals surface area (Å²) in [4.78, 5) is 31.2. The van der Waals surface area contributed by atoms with Crippen molar-refractivity contribution in [3.63, 3.8) is 0 Å². The van der Waals surface area contributed by atoms with Crippen LogP contribution in [0, 0.1) is 0 Å². The number of thiophene rings is 1. The predicted molar refractivity (Wildman–Crippen MR) is 119 cm³/mol. The number of para-hydroxylation sites is 1. The minimum absolute atomic E-state index is 0.344. The predicted octanol–water partition coefficient (Wildman–Crippen LogP) is 4.76. The zero-order chi connectivity index (χ0) is 20.8. The fraction of sp³-hybridized carbons (Fsp3) is 0.130. The van der Waals surface area contributed by atoms with Crippen molar-refractivity contribution in [2.24, 2.45) is 0 Å². The summed E-state index contributed by atoms with van der Waals surface area (Å²) in [6.07, 6.45) is 0.819. The van der Waals surface area contributed by atoms with E-state index in [9.17, 15) is 9.59 Å². The highest BCUT2D eigenvalue weighted by molar-refractivity contribution is 7.11. The average molecular weight is 437 g/mol. The molecule has 0 saturated heterocycles. The molecule has 2 aliphatic heterocycles. The Kier molecular flexibility index (Phi) is 4.60. The molecular weight excluding hydrogens is 420 g/mol. The molecule has 3 aromatic rings. The molecule has 1 aromatic heterocycles. The first-order valence-corrected chi connectivity index (χ1v) is 10.7. The Morgan fingerprint density at radius 2 is 1.83 bits per heavy atom. The SMILES string of the molecule is COc1ccc(Cl)cc1N1C(=O)C(c2cccs2)=C(N2CCc3ccccc32)C1=O. The van der Waals surface area contributed by atoms with Gasteiger partial charge in [0.25, 0.3) is 11.8 Å². The normalized spacial score (nSPS) is 15.9. The lowest BCUT2D eigenvalue weighted by molar-refractivity contribution is -0.120. The van der Waals surface area contributed by atoms with Gasteiger partial charge in [-0.15, -0.1) is 11.3 Å². The number of carbonyl (C=O) groups is 2. The molecule has 30 heavy (non-hydrogen) atoms. The van der Waals surface area contributed by atoms with Gasteiger partial charge in [0.2, 0.25) is 0 Å². The average Bonchev–Trinajstić information content (AvgIpc) is 3.46. The molecule has 7 heteroatoms. The number of imide groups is 1. The van der Waals surface area contributed by atoms with E-state index in [4.69, 9.17) is 16.3 Å². The summed E-state index contributed by atoms with van der Waals surface area (Å²) in [7, 11) is 1.50. The van der Waals surface area contributed by atoms with Crippen molar-refractivity contribution in [2.75, 3.05) is 23.5 Å². The van der Waals surface area contributed by atoms with Gasteiger partial charge in [-0.3, -0.25) is 9.59 Å². The van der Waals surface area contributed by atoms with Crippen molar-refractivity contribution in [2.45, 2.75) is 6.42 Å². The van der Waals surface area contributed by atoms with Crippen LogP contribution in [0.1, 0.15) is 10.4 Å². The topological polar surface area (TPSA) is 49.9 Å². The lowest BCUT2D eigenvalue weighted by atomic mass is 10.1. The van der Waals surface area contributed by atoms with Crippen molar-refractivity contribution in [3.8, 4) is 5.75 Å². The number of fused-ring (bicyclic) bond motifs is 1. The zero-order valence-electron chi connectivity index (χ0n) is 16.1. The molecule has 2 amide bonds. The Morgan fingerprint density at radius 1 is 1.00 bits per heavy atom. The molecular formula is C23H17ClN2O3S. The van der Waals surface area contributed by atoms with E-state index >= 15 is 0 Å². The molecule has 0 bridgehead atoms. The standard InChI is InChI=1S/C23H17ClN2O3S/c1-29-18-9-8-15(24)13-17(18)26-22(27)20(19-7-4-12-30-19)21(23(26)28)25-11-10-14-5-2-3-6-16(14)25/h2-9,12-13H,10-11H2,1H3. The smallest absolute Gasteiger partial charge is 0.282 e. The van der Waals surface area contributed by atoms with Crippen LogP contribution in [0.4, 0.5) is 11.4 Å². The van der Waals surface area contributed by atoms with Gasteiger partial charge < -0.3 is 9.64 Å². The number of halogens is 1. The van der Waals surface area contributed by atoms with Crippen LogP contribution in [-0.4, -0.2) is 25.5 Å². The summed E-state index contributed by atoms with van der Waals surface area (Å²) < 4.78 is 5.42. The molecule has 0 fully saturated rings. The lowest BCUT2D eigenvalue weighted by Crippen LogP contribution is -2.35. The maximum Gasteiger partial charge on any atom is 0.282 e. The van der Waals surface area contributed by atoms with Gasteiger partial charge >= 0.3 is 0 Å². The molecule has 150 valence electrons. The van der Waals surface area contributed by atoms with Crippen LogP contribution in [-0.2, 0) is 16.0 Å². The van der Waals surface area contributed by atoms with Gasteiger partial charge in [-0.05, 0) is 47.7 Å². The molecule has 0 aliphatic carbocycles. The summed E-state index contributed by atoms with van der Waals surface area (Å²) >= 11 is 7.63. The van der Waals surface area contributed by atoms with Gasteiger partial charge in [0.1, 0.15) is 11.4 Å². The Hall–Kier alpha value is -3.09. The molecule has 0 unspecified atom stereocenters. The van der Waals surface area contributed by atoms with Gasteiger partial charge in [-0.1, -0.05) is 35.9 Å². The molecule has 3 heterocycles. The van der Waals surface area contributed by atoms with E-state index in [-0.39, 0.29) is 11.8 Å². The monoisotopic (exact) mass is 436 g/mol. The summed E-state index contributed by atoms with van der Waals surface area (Å²) in [5, 5.41) is 2.32. The van der Waals surface area contributed by atoms with Crippen LogP contribution in [0.15, 0.2) is 65.7 Å². The van der Waals surface area contributed by atoms with E-state index in [1.807, 2.05) is 40.6 Å². The van der Waals surface area contributed by atoms with Crippen LogP contribution in [0.5, 0.6) is 5.75 Å². The fourth-order valence-corrected chi connectivity index (χ4v) is 4.97. The molecule has 2 aromatic carbocycles. The number of carbonyl (C=O) groups excluding carboxylic acids is 2. The number of benzene rings is 2. The Labute approximate surface area is 182 Å². The molecule has 5 nitrogen and oxygen atoms in total. The summed E-state index contributed by atoms with van der Waals surface area (Å²) in [6, 6.07) is 16.6. The van der Waals surface area contributed by atoms with Gasteiger partial charge in [0.05, 0.1) is 18.4 Å². The van der Waals surface area contributed by atoms with Crippen LogP contribution in [0.3, 0.4) is 0 Å². The highest BCUT2D eigenvalue weighted by atomic mass is 35.5. The van der Waals surface area contributed by atoms with Crippen LogP contribution >= 0.6 is 22.9 Å². The third-order valence-corrected chi connectivity index (χ3v) is 6.49. The van der Waals surface area contributed by atoms with E-state index in [1.54, 1.807) is 18.2 Å². The maximum atomic E-state index is 13.7. The third kappa shape index (κ3) is 2.83. The number of nitrogens with zero attached hydrogens (tertiary/aromatic N) is 2. The van der Waals surface area contributed by atoms with Crippen molar-refractivity contribution < 1.29 is 14.3 Å². The molecule has 0 atom stereocenters. The molecule has 0 N–H and O–H groups in total. The summed E-state index contributed by atoms with van der Waals surface area (Å²) in [5.41, 5.74) is 3.27. The van der Waals surface area contributed by atoms with E-state index in [0.717, 1.165) is 22.5 Å². The first kappa shape index (κ1) is 18.9. The minimum atomic E-state index is -0.374. The second-order valence-corrected chi connectivity index (χ2v) is 8.38. The Morgan fingerprint density at radius 3 is 2.60 bits per heavy atom. The molecule has 0 saturated carbocycles. The number of rotatable bonds is 4. The van der Waals surface area contributed by atoms with Gasteiger partial charge in [-0.25, -0.2) is 4.90 Å². The zero-order valence-corrected chi connectivity index (χ0v) is 17.7. The number of hydrogen-bond acceptors (Lipinski definition) is 5. The molecule has 2 aliphatic rings. The van der Waals surface area contributed by atoms with Crippen LogP contribution < -0.4 is 14.5 Å². The van der Waals surface area contributed by atoms with Crippen molar-refractivity contribution >= 4 is 51.7 Å². The number of methoxy groups -OCH3 is 1. The molecule has 5 rings (SSSR count). The molecule has 0 radical (unpaired) electrons. The van der Waals surface area contributed by atoms with Crippen LogP contribution in [0.25, 0.3) is 5.57 Å². The lowest BCUT2D eigenvalue weighted by Gasteiger charge is -2.22. The highest BCUT2D eigenvalue weighted by Crippen LogP contribution is 2.43. The number of ether oxygens (including phenoxy) is 1. The van der Waals surface area contributed by atoms with E-state index in [0.29, 0.717) is 34.3 Å². The van der Waals surface area contributed by atoms with Crippen molar-refractivity contribution in [1.29, 1.82) is 0 Å². The molecule has 0 spiro atoms. The first-order valence-electron chi connectivity index (χ1n) is 9.46. The van der Waals surface area contributed by atoms with E-state index in [1.165, 1.54) is 23.3 Å². The number of hydrogen-bond donors (Lipinski definition) is 0. The highest BCUT2D eigenvalue weighted by Gasteiger charge is 2.45. The summed E-state index contributed by atoms with van der Waals surface area (Å²) in [5.74, 6) is -0.335. The van der Waals surface area contributed by atoms with Crippen LogP contribution in [0.2, 0.25) is 5.02 Å². The second-order valence-electron chi connectivity index (χ2n) is 6.99. The number of anilines is 2. The van der Waals surface area contributed by atoms with E-state index < -0.39 is 0 Å². The quantitative estimate of drug-likeness (QED) is 0.553. The fourth-order valence-electron chi connectivity index (χ4n) is 4.04. The maximum absolute atomic E-state index is 13.7. The van der Waals surface area contributed by atoms with E-state index in [2.05, 4.69) is 6.07 Å². The second kappa shape index (κ2) is 7.31. The van der Waals surface area contributed by atoms with Crippen molar-refractivity contribution in [1.82, 2.24) is 0 Å². The van der Waals surface area contributed by atoms with Gasteiger partial charge in [0, 0.05) is 22.1 Å². The Balaban J connectivity index is 1.69. The van der Waals surface area contributed by atoms with Gasteiger partial charge in [-0.2, -0.15) is 0 Å². The Bertz CT molecular complexity index is 1200. The largest absolute Gasteiger partial charge is 0.495 e. The van der Waals surface area contributed by atoms with Crippen molar-refractivity contribution in [3.05, 3.63) is 81.1 Å². The first-order chi connectivity index (χ1) is 14.6. The number of amides is 2. The minimum Gasteiger partial charge on any atom is -0.495 e. The van der Waals surface area contributed by atoms with Gasteiger partial charge in [0.15, 0.2) is 0 Å². The third-order valence-electron chi connectivity index (χ3n) is 5.37. The summed E-state index contributed by atoms with van der Waals surface area (Å²) in [6.45, 7) is 0.642.